The number of hydrogen-bond acceptors (Lipinski definition) is 4. The summed E-state index contributed by atoms with van der Waals surface area (Å²) >= 11 is 3.41. The molecule has 2 fully saturated rings. The average molecular weight is 472 g/mol. The maximum atomic E-state index is 13.0. The minimum Gasteiger partial charge on any atom is -0.507 e. The van der Waals surface area contributed by atoms with E-state index in [2.05, 4.69) is 15.9 Å². The number of piperazine rings is 1. The van der Waals surface area contributed by atoms with E-state index in [0.717, 1.165) is 10.2 Å². The Kier molecular flexibility index (Phi) is 5.76. The maximum Gasteiger partial charge on any atom is 0.257 e. The fourth-order valence-corrected chi connectivity index (χ4v) is 4.37. The molecule has 2 aliphatic heterocycles. The van der Waals surface area contributed by atoms with Gasteiger partial charge in [-0.2, -0.15) is 0 Å². The van der Waals surface area contributed by atoms with Gasteiger partial charge in [0.2, 0.25) is 11.8 Å². The standard InChI is InChI=1S/C22H22BrN3O4/c23-16-4-3-5-17(13-16)26-14-15(12-20(26)28)21(29)24-8-10-25(11-9-24)22(30)18-6-1-2-7-19(18)27/h1-7,13,15,27H,8-12,14H2. The van der Waals surface area contributed by atoms with Gasteiger partial charge in [-0.05, 0) is 30.3 Å². The summed E-state index contributed by atoms with van der Waals surface area (Å²) in [6, 6.07) is 13.9. The van der Waals surface area contributed by atoms with Crippen molar-refractivity contribution in [2.75, 3.05) is 37.6 Å². The third-order valence-electron chi connectivity index (χ3n) is 5.61. The maximum absolute atomic E-state index is 13.0. The van der Waals surface area contributed by atoms with Crippen LogP contribution >= 0.6 is 15.9 Å². The van der Waals surface area contributed by atoms with E-state index in [4.69, 9.17) is 0 Å². The molecule has 0 spiro atoms. The summed E-state index contributed by atoms with van der Waals surface area (Å²) in [7, 11) is 0. The predicted octanol–water partition coefficient (Wildman–Crippen LogP) is 2.49. The fourth-order valence-electron chi connectivity index (χ4n) is 3.98. The quantitative estimate of drug-likeness (QED) is 0.745. The van der Waals surface area contributed by atoms with E-state index in [9.17, 15) is 19.5 Å². The van der Waals surface area contributed by atoms with Gasteiger partial charge in [-0.3, -0.25) is 14.4 Å². The number of rotatable bonds is 3. The van der Waals surface area contributed by atoms with Crippen LogP contribution in [0.2, 0.25) is 0 Å². The highest BCUT2D eigenvalue weighted by Crippen LogP contribution is 2.28. The van der Waals surface area contributed by atoms with Crippen molar-refractivity contribution in [2.24, 2.45) is 5.92 Å². The molecule has 1 N–H and O–H groups in total. The molecule has 2 heterocycles. The van der Waals surface area contributed by atoms with E-state index in [1.807, 2.05) is 24.3 Å². The Bertz CT molecular complexity index is 988. The van der Waals surface area contributed by atoms with Crippen LogP contribution in [0.1, 0.15) is 16.8 Å². The van der Waals surface area contributed by atoms with Gasteiger partial charge in [0.15, 0.2) is 0 Å². The molecule has 2 aliphatic rings. The molecule has 0 aliphatic carbocycles. The number of anilines is 1. The first-order valence-corrected chi connectivity index (χ1v) is 10.7. The second-order valence-corrected chi connectivity index (χ2v) is 8.44. The van der Waals surface area contributed by atoms with E-state index < -0.39 is 0 Å². The van der Waals surface area contributed by atoms with Crippen molar-refractivity contribution < 1.29 is 19.5 Å². The SMILES string of the molecule is O=C(c1ccccc1O)N1CCN(C(=O)C2CC(=O)N(c3cccc(Br)c3)C2)CC1. The van der Waals surface area contributed by atoms with Crippen LogP contribution in [0.25, 0.3) is 0 Å². The Morgan fingerprint density at radius 3 is 2.37 bits per heavy atom. The van der Waals surface area contributed by atoms with Crippen LogP contribution in [0.4, 0.5) is 5.69 Å². The number of para-hydroxylation sites is 1. The van der Waals surface area contributed by atoms with Crippen molar-refractivity contribution in [3.8, 4) is 5.75 Å². The Balaban J connectivity index is 1.36. The Hall–Kier alpha value is -2.87. The van der Waals surface area contributed by atoms with Gasteiger partial charge in [-0.25, -0.2) is 0 Å². The molecule has 2 saturated heterocycles. The van der Waals surface area contributed by atoms with Crippen LogP contribution in [0, 0.1) is 5.92 Å². The normalized spacial score (nSPS) is 19.3. The van der Waals surface area contributed by atoms with Gasteiger partial charge in [0.05, 0.1) is 11.5 Å². The van der Waals surface area contributed by atoms with Crippen LogP contribution in [-0.2, 0) is 9.59 Å². The van der Waals surface area contributed by atoms with E-state index >= 15 is 0 Å². The topological polar surface area (TPSA) is 81.2 Å². The molecule has 0 saturated carbocycles. The number of carbonyl (C=O) groups excluding carboxylic acids is 3. The number of amides is 3. The lowest BCUT2D eigenvalue weighted by molar-refractivity contribution is -0.137. The van der Waals surface area contributed by atoms with Crippen LogP contribution < -0.4 is 4.90 Å². The lowest BCUT2D eigenvalue weighted by atomic mass is 10.1. The number of benzene rings is 2. The smallest absolute Gasteiger partial charge is 0.257 e. The molecular formula is C22H22BrN3O4. The molecule has 30 heavy (non-hydrogen) atoms. The molecule has 156 valence electrons. The van der Waals surface area contributed by atoms with Crippen molar-refractivity contribution in [3.63, 3.8) is 0 Å². The summed E-state index contributed by atoms with van der Waals surface area (Å²) in [5, 5.41) is 9.90. The second-order valence-electron chi connectivity index (χ2n) is 7.52. The molecule has 3 amide bonds. The van der Waals surface area contributed by atoms with Gasteiger partial charge in [0.25, 0.3) is 5.91 Å². The zero-order chi connectivity index (χ0) is 21.3. The monoisotopic (exact) mass is 471 g/mol. The summed E-state index contributed by atoms with van der Waals surface area (Å²) in [6.07, 6.45) is 0.197. The molecule has 1 atom stereocenters. The number of nitrogens with zero attached hydrogens (tertiary/aromatic N) is 3. The highest BCUT2D eigenvalue weighted by molar-refractivity contribution is 9.10. The van der Waals surface area contributed by atoms with Crippen LogP contribution in [0.15, 0.2) is 53.0 Å². The van der Waals surface area contributed by atoms with Gasteiger partial charge in [-0.1, -0.05) is 34.1 Å². The highest BCUT2D eigenvalue weighted by atomic mass is 79.9. The molecular weight excluding hydrogens is 450 g/mol. The van der Waals surface area contributed by atoms with E-state index in [0.29, 0.717) is 32.7 Å². The van der Waals surface area contributed by atoms with Crippen LogP contribution in [0.3, 0.4) is 0 Å². The molecule has 4 rings (SSSR count). The summed E-state index contributed by atoms with van der Waals surface area (Å²) in [6.45, 7) is 1.99. The largest absolute Gasteiger partial charge is 0.507 e. The zero-order valence-electron chi connectivity index (χ0n) is 16.3. The number of halogens is 1. The van der Waals surface area contributed by atoms with Gasteiger partial charge in [-0.15, -0.1) is 0 Å². The van der Waals surface area contributed by atoms with Crippen LogP contribution in [0.5, 0.6) is 5.75 Å². The molecule has 0 radical (unpaired) electrons. The Labute approximate surface area is 183 Å². The van der Waals surface area contributed by atoms with E-state index in [-0.39, 0.29) is 41.4 Å². The van der Waals surface area contributed by atoms with Gasteiger partial charge in [0, 0.05) is 49.3 Å². The van der Waals surface area contributed by atoms with Gasteiger partial charge in [0.1, 0.15) is 5.75 Å². The number of phenols is 1. The summed E-state index contributed by atoms with van der Waals surface area (Å²) in [5.74, 6) is -0.762. The molecule has 8 heteroatoms. The predicted molar refractivity (Wildman–Crippen MR) is 115 cm³/mol. The van der Waals surface area contributed by atoms with Crippen molar-refractivity contribution in [2.45, 2.75) is 6.42 Å². The Morgan fingerprint density at radius 1 is 0.967 bits per heavy atom. The van der Waals surface area contributed by atoms with Crippen LogP contribution in [-0.4, -0.2) is 65.4 Å². The first-order chi connectivity index (χ1) is 14.4. The third kappa shape index (κ3) is 4.05. The molecule has 2 aromatic rings. The number of aromatic hydroxyl groups is 1. The first kappa shape index (κ1) is 20.4. The molecule has 1 unspecified atom stereocenters. The first-order valence-electron chi connectivity index (χ1n) is 9.86. The molecule has 0 aromatic heterocycles. The van der Waals surface area contributed by atoms with Gasteiger partial charge >= 0.3 is 0 Å². The van der Waals surface area contributed by atoms with E-state index in [1.165, 1.54) is 6.07 Å². The van der Waals surface area contributed by atoms with E-state index in [1.54, 1.807) is 32.9 Å². The van der Waals surface area contributed by atoms with Gasteiger partial charge < -0.3 is 19.8 Å². The van der Waals surface area contributed by atoms with Crippen molar-refractivity contribution in [1.82, 2.24) is 9.80 Å². The number of phenolic OH excluding ortho intramolecular Hbond substituents is 1. The minimum atomic E-state index is -0.378. The summed E-state index contributed by atoms with van der Waals surface area (Å²) in [4.78, 5) is 43.1. The van der Waals surface area contributed by atoms with Crippen molar-refractivity contribution in [3.05, 3.63) is 58.6 Å². The van der Waals surface area contributed by atoms with Crippen molar-refractivity contribution in [1.29, 1.82) is 0 Å². The number of carbonyl (C=O) groups is 3. The third-order valence-corrected chi connectivity index (χ3v) is 6.10. The zero-order valence-corrected chi connectivity index (χ0v) is 17.9. The minimum absolute atomic E-state index is 0.0434. The average Bonchev–Trinajstić information content (AvgIpc) is 3.15. The summed E-state index contributed by atoms with van der Waals surface area (Å²) < 4.78 is 0.882. The van der Waals surface area contributed by atoms with Crippen molar-refractivity contribution >= 4 is 39.3 Å². The molecule has 7 nitrogen and oxygen atoms in total. The fraction of sp³-hybridized carbons (Fsp3) is 0.318. The highest BCUT2D eigenvalue weighted by Gasteiger charge is 2.38. The lowest BCUT2D eigenvalue weighted by Gasteiger charge is -2.36. The summed E-state index contributed by atoms with van der Waals surface area (Å²) in [5.41, 5.74) is 1.05. The second kappa shape index (κ2) is 8.47. The lowest BCUT2D eigenvalue weighted by Crippen LogP contribution is -2.52. The molecule has 0 bridgehead atoms. The Morgan fingerprint density at radius 2 is 1.67 bits per heavy atom. The number of hydrogen-bond donors (Lipinski definition) is 1. The molecule has 2 aromatic carbocycles.